The van der Waals surface area contributed by atoms with Gasteiger partial charge < -0.3 is 10.6 Å². The molecule has 2 rings (SSSR count). The van der Waals surface area contributed by atoms with Gasteiger partial charge >= 0.3 is 0 Å². The van der Waals surface area contributed by atoms with Crippen LogP contribution in [-0.4, -0.2) is 40.9 Å². The van der Waals surface area contributed by atoms with Gasteiger partial charge in [0.2, 0.25) is 0 Å². The lowest BCUT2D eigenvalue weighted by Crippen LogP contribution is -2.42. The Labute approximate surface area is 114 Å². The van der Waals surface area contributed by atoms with E-state index >= 15 is 0 Å². The number of hydrogen-bond donors (Lipinski definition) is 2. The minimum Gasteiger partial charge on any atom is -0.314 e. The van der Waals surface area contributed by atoms with Crippen LogP contribution < -0.4 is 10.6 Å². The van der Waals surface area contributed by atoms with Crippen molar-refractivity contribution in [1.82, 2.24) is 10.6 Å². The zero-order valence-corrected chi connectivity index (χ0v) is 12.6. The smallest absolute Gasteiger partial charge is 0.0329 e. The summed E-state index contributed by atoms with van der Waals surface area (Å²) < 4.78 is 11.3. The molecule has 1 heterocycles. The maximum absolute atomic E-state index is 11.3. The summed E-state index contributed by atoms with van der Waals surface area (Å²) in [6.07, 6.45) is 9.63. The third-order valence-corrected chi connectivity index (χ3v) is 6.08. The van der Waals surface area contributed by atoms with Crippen LogP contribution >= 0.6 is 0 Å². The average molecular weight is 272 g/mol. The van der Waals surface area contributed by atoms with Crippen LogP contribution in [0.3, 0.4) is 0 Å². The van der Waals surface area contributed by atoms with Gasteiger partial charge in [-0.25, -0.2) is 0 Å². The molecule has 3 nitrogen and oxygen atoms in total. The first kappa shape index (κ1) is 14.5. The van der Waals surface area contributed by atoms with Gasteiger partial charge in [0.05, 0.1) is 0 Å². The van der Waals surface area contributed by atoms with Crippen molar-refractivity contribution in [1.29, 1.82) is 0 Å². The first-order valence-electron chi connectivity index (χ1n) is 7.47. The normalized spacial score (nSPS) is 35.8. The Morgan fingerprint density at radius 3 is 2.83 bits per heavy atom. The van der Waals surface area contributed by atoms with Crippen molar-refractivity contribution in [2.45, 2.75) is 62.8 Å². The van der Waals surface area contributed by atoms with E-state index in [1.165, 1.54) is 38.6 Å². The first-order valence-corrected chi connectivity index (χ1v) is 9.09. The molecule has 5 atom stereocenters. The van der Waals surface area contributed by atoms with Crippen LogP contribution in [0.25, 0.3) is 0 Å². The second kappa shape index (κ2) is 7.01. The monoisotopic (exact) mass is 272 g/mol. The Kier molecular flexibility index (Phi) is 5.64. The van der Waals surface area contributed by atoms with Gasteiger partial charge in [-0.3, -0.25) is 4.21 Å². The van der Waals surface area contributed by atoms with E-state index in [0.717, 1.165) is 24.9 Å². The summed E-state index contributed by atoms with van der Waals surface area (Å²) in [5.41, 5.74) is 0. The molecule has 1 aliphatic heterocycles. The molecule has 0 amide bonds. The number of hydrogen-bond acceptors (Lipinski definition) is 3. The van der Waals surface area contributed by atoms with Crippen LogP contribution in [0.4, 0.5) is 0 Å². The standard InChI is InChI=1S/C14H28N2OS/c1-11(18(2)17)8-10-16-13-6-3-5-12(13)14-7-4-9-15-14/h11-16H,3-10H2,1-2H3. The Morgan fingerprint density at radius 2 is 2.17 bits per heavy atom. The zero-order valence-electron chi connectivity index (χ0n) is 11.8. The van der Waals surface area contributed by atoms with Crippen LogP contribution in [-0.2, 0) is 10.8 Å². The summed E-state index contributed by atoms with van der Waals surface area (Å²) in [7, 11) is -0.676. The maximum Gasteiger partial charge on any atom is 0.0329 e. The molecule has 0 aromatic rings. The highest BCUT2D eigenvalue weighted by atomic mass is 32.2. The maximum atomic E-state index is 11.3. The molecule has 0 radical (unpaired) electrons. The molecule has 106 valence electrons. The summed E-state index contributed by atoms with van der Waals surface area (Å²) in [6, 6.07) is 1.45. The van der Waals surface area contributed by atoms with Gasteiger partial charge in [-0.15, -0.1) is 0 Å². The Morgan fingerprint density at radius 1 is 1.33 bits per heavy atom. The molecule has 4 heteroatoms. The summed E-state index contributed by atoms with van der Waals surface area (Å²) in [6.45, 7) is 4.32. The van der Waals surface area contributed by atoms with E-state index in [2.05, 4.69) is 17.6 Å². The third kappa shape index (κ3) is 3.78. The highest BCUT2D eigenvalue weighted by molar-refractivity contribution is 7.84. The SMILES string of the molecule is CC(CCNC1CCCC1C1CCCN1)S(C)=O. The van der Waals surface area contributed by atoms with Gasteiger partial charge in [-0.2, -0.15) is 0 Å². The predicted molar refractivity (Wildman–Crippen MR) is 78.3 cm³/mol. The molecule has 1 saturated heterocycles. The fourth-order valence-corrected chi connectivity index (χ4v) is 3.89. The quantitative estimate of drug-likeness (QED) is 0.772. The molecular formula is C14H28N2OS. The van der Waals surface area contributed by atoms with Crippen LogP contribution in [0, 0.1) is 5.92 Å². The molecule has 2 aliphatic rings. The molecular weight excluding hydrogens is 244 g/mol. The molecule has 1 aliphatic carbocycles. The second-order valence-corrected chi connectivity index (χ2v) is 7.76. The Balaban J connectivity index is 1.72. The van der Waals surface area contributed by atoms with Crippen molar-refractivity contribution >= 4 is 10.8 Å². The fraction of sp³-hybridized carbons (Fsp3) is 1.00. The molecule has 0 aromatic heterocycles. The van der Waals surface area contributed by atoms with Gasteiger partial charge in [-0.05, 0) is 51.1 Å². The largest absolute Gasteiger partial charge is 0.314 e. The van der Waals surface area contributed by atoms with Gasteiger partial charge in [-0.1, -0.05) is 13.3 Å². The molecule has 1 saturated carbocycles. The van der Waals surface area contributed by atoms with Crippen LogP contribution in [0.1, 0.15) is 45.4 Å². The van der Waals surface area contributed by atoms with Crippen molar-refractivity contribution in [3.05, 3.63) is 0 Å². The van der Waals surface area contributed by atoms with E-state index in [9.17, 15) is 4.21 Å². The Hall–Kier alpha value is 0.0700. The number of nitrogens with one attached hydrogen (secondary N) is 2. The predicted octanol–water partition coefficient (Wildman–Crippen LogP) is 1.65. The molecule has 5 unspecified atom stereocenters. The van der Waals surface area contributed by atoms with Crippen molar-refractivity contribution in [3.8, 4) is 0 Å². The van der Waals surface area contributed by atoms with Crippen LogP contribution in [0.5, 0.6) is 0 Å². The van der Waals surface area contributed by atoms with E-state index in [4.69, 9.17) is 0 Å². The Bertz CT molecular complexity index is 279. The minimum absolute atomic E-state index is 0.321. The summed E-state index contributed by atoms with van der Waals surface area (Å²) in [5.74, 6) is 0.829. The van der Waals surface area contributed by atoms with Gasteiger partial charge in [0.15, 0.2) is 0 Å². The second-order valence-electron chi connectivity index (χ2n) is 5.96. The van der Waals surface area contributed by atoms with Crippen molar-refractivity contribution in [3.63, 3.8) is 0 Å². The van der Waals surface area contributed by atoms with Gasteiger partial charge in [0, 0.05) is 34.4 Å². The fourth-order valence-electron chi connectivity index (χ4n) is 3.44. The number of rotatable bonds is 6. The van der Waals surface area contributed by atoms with E-state index in [1.54, 1.807) is 0 Å². The molecule has 2 fully saturated rings. The van der Waals surface area contributed by atoms with Crippen molar-refractivity contribution in [2.24, 2.45) is 5.92 Å². The van der Waals surface area contributed by atoms with Crippen molar-refractivity contribution in [2.75, 3.05) is 19.3 Å². The van der Waals surface area contributed by atoms with E-state index in [-0.39, 0.29) is 0 Å². The summed E-state index contributed by atoms with van der Waals surface area (Å²) in [5, 5.41) is 7.70. The van der Waals surface area contributed by atoms with E-state index in [1.807, 2.05) is 6.26 Å². The van der Waals surface area contributed by atoms with Crippen molar-refractivity contribution < 1.29 is 4.21 Å². The third-order valence-electron chi connectivity index (χ3n) is 4.71. The molecule has 18 heavy (non-hydrogen) atoms. The molecule has 0 aromatic carbocycles. The first-order chi connectivity index (χ1) is 8.68. The summed E-state index contributed by atoms with van der Waals surface area (Å²) in [4.78, 5) is 0. The van der Waals surface area contributed by atoms with Gasteiger partial charge in [0.1, 0.15) is 0 Å². The van der Waals surface area contributed by atoms with Crippen LogP contribution in [0.2, 0.25) is 0 Å². The molecule has 0 bridgehead atoms. The van der Waals surface area contributed by atoms with E-state index in [0.29, 0.717) is 11.3 Å². The average Bonchev–Trinajstić information content (AvgIpc) is 2.98. The lowest BCUT2D eigenvalue weighted by atomic mass is 9.93. The lowest BCUT2D eigenvalue weighted by Gasteiger charge is -2.27. The molecule has 0 spiro atoms. The highest BCUT2D eigenvalue weighted by Gasteiger charge is 2.34. The lowest BCUT2D eigenvalue weighted by molar-refractivity contribution is 0.320. The zero-order chi connectivity index (χ0) is 13.0. The molecule has 2 N–H and O–H groups in total. The summed E-state index contributed by atoms with van der Waals surface area (Å²) >= 11 is 0. The van der Waals surface area contributed by atoms with Gasteiger partial charge in [0.25, 0.3) is 0 Å². The topological polar surface area (TPSA) is 41.1 Å². The van der Waals surface area contributed by atoms with E-state index < -0.39 is 10.8 Å². The highest BCUT2D eigenvalue weighted by Crippen LogP contribution is 2.31. The minimum atomic E-state index is -0.676. The van der Waals surface area contributed by atoms with Crippen LogP contribution in [0.15, 0.2) is 0 Å².